The zero-order chi connectivity index (χ0) is 14.0. The highest BCUT2D eigenvalue weighted by Gasteiger charge is 2.35. The minimum atomic E-state index is -4.35. The number of nitrogens with one attached hydrogen (secondary N) is 1. The van der Waals surface area contributed by atoms with Gasteiger partial charge >= 0.3 is 6.18 Å². The monoisotopic (exact) mass is 349 g/mol. The van der Waals surface area contributed by atoms with Crippen LogP contribution in [0.2, 0.25) is 0 Å². The van der Waals surface area contributed by atoms with Crippen LogP contribution >= 0.6 is 27.3 Å². The lowest BCUT2D eigenvalue weighted by atomic mass is 9.99. The molecule has 0 aliphatic heterocycles. The summed E-state index contributed by atoms with van der Waals surface area (Å²) in [5, 5.41) is 2.95. The van der Waals surface area contributed by atoms with Gasteiger partial charge < -0.3 is 5.32 Å². The van der Waals surface area contributed by atoms with Gasteiger partial charge in [0.15, 0.2) is 0 Å². The summed E-state index contributed by atoms with van der Waals surface area (Å²) in [7, 11) is 1.66. The summed E-state index contributed by atoms with van der Waals surface area (Å²) in [6, 6.07) is 8.85. The summed E-state index contributed by atoms with van der Waals surface area (Å²) in [6.45, 7) is 0. The molecule has 1 aromatic heterocycles. The van der Waals surface area contributed by atoms with Crippen LogP contribution in [0.25, 0.3) is 0 Å². The van der Waals surface area contributed by atoms with Gasteiger partial charge in [-0.05, 0) is 46.7 Å². The smallest absolute Gasteiger partial charge is 0.309 e. The zero-order valence-corrected chi connectivity index (χ0v) is 12.4. The lowest BCUT2D eigenvalue weighted by Gasteiger charge is -2.20. The van der Waals surface area contributed by atoms with Crippen LogP contribution in [0.15, 0.2) is 40.2 Å². The molecule has 1 aromatic carbocycles. The molecule has 0 radical (unpaired) electrons. The summed E-state index contributed by atoms with van der Waals surface area (Å²) in [4.78, 5) is 0.839. The molecular weight excluding hydrogens is 339 g/mol. The van der Waals surface area contributed by atoms with Crippen LogP contribution < -0.4 is 5.32 Å². The molecule has 0 aliphatic rings. The SMILES string of the molecule is CNC(c1ccc(Br)s1)c1ccccc1C(F)(F)F. The molecule has 6 heteroatoms. The fraction of sp³-hybridized carbons (Fsp3) is 0.231. The van der Waals surface area contributed by atoms with E-state index in [1.807, 2.05) is 12.1 Å². The van der Waals surface area contributed by atoms with E-state index < -0.39 is 17.8 Å². The number of alkyl halides is 3. The third-order valence-corrected chi connectivity index (χ3v) is 4.43. The summed E-state index contributed by atoms with van der Waals surface area (Å²) in [6.07, 6.45) is -4.35. The molecule has 102 valence electrons. The van der Waals surface area contributed by atoms with Gasteiger partial charge in [0.2, 0.25) is 0 Å². The average molecular weight is 350 g/mol. The van der Waals surface area contributed by atoms with Crippen LogP contribution in [-0.4, -0.2) is 7.05 Å². The topological polar surface area (TPSA) is 12.0 Å². The van der Waals surface area contributed by atoms with Gasteiger partial charge in [-0.3, -0.25) is 0 Å². The zero-order valence-electron chi connectivity index (χ0n) is 9.96. The summed E-state index contributed by atoms with van der Waals surface area (Å²) in [5.74, 6) is 0. The third-order valence-electron chi connectivity index (χ3n) is 2.74. The molecular formula is C13H11BrF3NS. The average Bonchev–Trinajstić information content (AvgIpc) is 2.76. The summed E-state index contributed by atoms with van der Waals surface area (Å²) >= 11 is 4.75. The maximum atomic E-state index is 13.0. The third kappa shape index (κ3) is 3.19. The second-order valence-electron chi connectivity index (χ2n) is 3.95. The quantitative estimate of drug-likeness (QED) is 0.835. The van der Waals surface area contributed by atoms with E-state index in [2.05, 4.69) is 21.2 Å². The van der Waals surface area contributed by atoms with Crippen molar-refractivity contribution in [2.75, 3.05) is 7.05 Å². The molecule has 0 bridgehead atoms. The molecule has 1 N–H and O–H groups in total. The Balaban J connectivity index is 2.50. The van der Waals surface area contributed by atoms with Gasteiger partial charge in [-0.25, -0.2) is 0 Å². The Morgan fingerprint density at radius 1 is 1.16 bits per heavy atom. The fourth-order valence-corrected chi connectivity index (χ4v) is 3.49. The van der Waals surface area contributed by atoms with E-state index >= 15 is 0 Å². The lowest BCUT2D eigenvalue weighted by molar-refractivity contribution is -0.138. The minimum Gasteiger partial charge on any atom is -0.309 e. The molecule has 0 spiro atoms. The van der Waals surface area contributed by atoms with E-state index in [-0.39, 0.29) is 5.56 Å². The Hall–Kier alpha value is -0.850. The normalized spacial score (nSPS) is 13.5. The second-order valence-corrected chi connectivity index (χ2v) is 6.44. The van der Waals surface area contributed by atoms with Crippen molar-refractivity contribution in [3.8, 4) is 0 Å². The van der Waals surface area contributed by atoms with Gasteiger partial charge in [-0.15, -0.1) is 11.3 Å². The van der Waals surface area contributed by atoms with Crippen LogP contribution in [0.4, 0.5) is 13.2 Å². The van der Waals surface area contributed by atoms with E-state index in [1.165, 1.54) is 23.5 Å². The highest BCUT2D eigenvalue weighted by Crippen LogP contribution is 2.38. The van der Waals surface area contributed by atoms with Crippen LogP contribution in [0.3, 0.4) is 0 Å². The minimum absolute atomic E-state index is 0.242. The number of rotatable bonds is 3. The van der Waals surface area contributed by atoms with Gasteiger partial charge in [0.1, 0.15) is 0 Å². The van der Waals surface area contributed by atoms with Crippen molar-refractivity contribution in [1.29, 1.82) is 0 Å². The van der Waals surface area contributed by atoms with Gasteiger partial charge in [0, 0.05) is 4.88 Å². The van der Waals surface area contributed by atoms with E-state index in [4.69, 9.17) is 0 Å². The molecule has 1 nitrogen and oxygen atoms in total. The molecule has 1 unspecified atom stereocenters. The highest BCUT2D eigenvalue weighted by molar-refractivity contribution is 9.11. The Morgan fingerprint density at radius 3 is 2.37 bits per heavy atom. The molecule has 0 aliphatic carbocycles. The molecule has 2 aromatic rings. The van der Waals surface area contributed by atoms with Crippen molar-refractivity contribution in [3.05, 3.63) is 56.2 Å². The molecule has 0 saturated carbocycles. The molecule has 0 amide bonds. The Kier molecular flexibility index (Phi) is 4.32. The van der Waals surface area contributed by atoms with Gasteiger partial charge in [-0.1, -0.05) is 18.2 Å². The van der Waals surface area contributed by atoms with E-state index in [0.717, 1.165) is 14.7 Å². The molecule has 0 fully saturated rings. The van der Waals surface area contributed by atoms with Gasteiger partial charge in [-0.2, -0.15) is 13.2 Å². The predicted molar refractivity (Wildman–Crippen MR) is 74.4 cm³/mol. The Morgan fingerprint density at radius 2 is 1.84 bits per heavy atom. The number of hydrogen-bond acceptors (Lipinski definition) is 2. The summed E-state index contributed by atoms with van der Waals surface area (Å²) < 4.78 is 40.0. The maximum absolute atomic E-state index is 13.0. The van der Waals surface area contributed by atoms with Crippen molar-refractivity contribution in [2.24, 2.45) is 0 Å². The molecule has 0 saturated heterocycles. The Bertz CT molecular complexity index is 565. The van der Waals surface area contributed by atoms with E-state index in [0.29, 0.717) is 0 Å². The Labute approximate surface area is 121 Å². The van der Waals surface area contributed by atoms with Gasteiger partial charge in [0.05, 0.1) is 15.4 Å². The molecule has 1 heterocycles. The van der Waals surface area contributed by atoms with Crippen molar-refractivity contribution in [3.63, 3.8) is 0 Å². The predicted octanol–water partition coefficient (Wildman–Crippen LogP) is 4.84. The van der Waals surface area contributed by atoms with Crippen LogP contribution in [0.5, 0.6) is 0 Å². The first-order valence-corrected chi connectivity index (χ1v) is 7.13. The van der Waals surface area contributed by atoms with Crippen molar-refractivity contribution >= 4 is 27.3 Å². The van der Waals surface area contributed by atoms with Crippen LogP contribution in [0, 0.1) is 0 Å². The first-order chi connectivity index (χ1) is 8.93. The van der Waals surface area contributed by atoms with E-state index in [1.54, 1.807) is 13.1 Å². The number of halogens is 4. The fourth-order valence-electron chi connectivity index (χ4n) is 1.94. The first kappa shape index (κ1) is 14.6. The van der Waals surface area contributed by atoms with Crippen LogP contribution in [-0.2, 0) is 6.18 Å². The van der Waals surface area contributed by atoms with Crippen molar-refractivity contribution in [1.82, 2.24) is 5.32 Å². The van der Waals surface area contributed by atoms with Gasteiger partial charge in [0.25, 0.3) is 0 Å². The molecule has 1 atom stereocenters. The number of hydrogen-bond donors (Lipinski definition) is 1. The lowest BCUT2D eigenvalue weighted by Crippen LogP contribution is -2.21. The standard InChI is InChI=1S/C13H11BrF3NS/c1-18-12(10-6-7-11(14)19-10)8-4-2-3-5-9(8)13(15,16)17/h2-7,12,18H,1H3. The van der Waals surface area contributed by atoms with Crippen molar-refractivity contribution in [2.45, 2.75) is 12.2 Å². The summed E-state index contributed by atoms with van der Waals surface area (Å²) in [5.41, 5.74) is -0.356. The van der Waals surface area contributed by atoms with Crippen LogP contribution in [0.1, 0.15) is 22.0 Å². The number of benzene rings is 1. The van der Waals surface area contributed by atoms with E-state index in [9.17, 15) is 13.2 Å². The van der Waals surface area contributed by atoms with Crippen molar-refractivity contribution < 1.29 is 13.2 Å². The maximum Gasteiger partial charge on any atom is 0.416 e. The molecule has 19 heavy (non-hydrogen) atoms. The first-order valence-electron chi connectivity index (χ1n) is 5.52. The second kappa shape index (κ2) is 5.64. The number of thiophene rings is 1. The molecule has 2 rings (SSSR count). The largest absolute Gasteiger partial charge is 0.416 e. The highest BCUT2D eigenvalue weighted by atomic mass is 79.9.